The van der Waals surface area contributed by atoms with E-state index in [1.807, 2.05) is 0 Å². The number of hydrogen-bond donors (Lipinski definition) is 1. The van der Waals surface area contributed by atoms with Crippen LogP contribution in [0.3, 0.4) is 0 Å². The van der Waals surface area contributed by atoms with Gasteiger partial charge in [0.2, 0.25) is 0 Å². The SMILES string of the molecule is C=C(CCC(=O)O)[C@H](C)C=C[C@H](C)C=CCCCC. The lowest BCUT2D eigenvalue weighted by Gasteiger charge is -2.10. The van der Waals surface area contributed by atoms with Crippen LogP contribution in [0.2, 0.25) is 0 Å². The zero-order valence-electron chi connectivity index (χ0n) is 12.6. The maximum atomic E-state index is 10.5. The lowest BCUT2D eigenvalue weighted by molar-refractivity contribution is -0.136. The maximum Gasteiger partial charge on any atom is 0.303 e. The van der Waals surface area contributed by atoms with E-state index in [4.69, 9.17) is 5.11 Å². The third-order valence-corrected chi connectivity index (χ3v) is 3.17. The first-order chi connectivity index (χ1) is 8.97. The van der Waals surface area contributed by atoms with E-state index in [0.29, 0.717) is 12.3 Å². The van der Waals surface area contributed by atoms with E-state index >= 15 is 0 Å². The first kappa shape index (κ1) is 17.7. The van der Waals surface area contributed by atoms with Gasteiger partial charge in [-0.1, -0.05) is 70.1 Å². The molecule has 0 saturated heterocycles. The number of allylic oxidation sites excluding steroid dienone is 5. The molecular weight excluding hydrogens is 236 g/mol. The molecule has 108 valence electrons. The van der Waals surface area contributed by atoms with Crippen molar-refractivity contribution in [2.45, 2.75) is 52.9 Å². The van der Waals surface area contributed by atoms with Gasteiger partial charge in [0.1, 0.15) is 0 Å². The van der Waals surface area contributed by atoms with E-state index in [-0.39, 0.29) is 12.3 Å². The third kappa shape index (κ3) is 10.3. The van der Waals surface area contributed by atoms with Crippen LogP contribution < -0.4 is 0 Å². The van der Waals surface area contributed by atoms with E-state index in [1.165, 1.54) is 12.8 Å². The van der Waals surface area contributed by atoms with Crippen molar-refractivity contribution in [3.05, 3.63) is 36.5 Å². The molecule has 0 amide bonds. The third-order valence-electron chi connectivity index (χ3n) is 3.17. The summed E-state index contributed by atoms with van der Waals surface area (Å²) in [6, 6.07) is 0. The number of aliphatic carboxylic acids is 1. The van der Waals surface area contributed by atoms with Gasteiger partial charge in [-0.3, -0.25) is 4.79 Å². The fourth-order valence-electron chi connectivity index (χ4n) is 1.67. The quantitative estimate of drug-likeness (QED) is 0.446. The second-order valence-electron chi connectivity index (χ2n) is 5.16. The second kappa shape index (κ2) is 10.6. The van der Waals surface area contributed by atoms with E-state index in [2.05, 4.69) is 51.7 Å². The van der Waals surface area contributed by atoms with Crippen LogP contribution in [-0.2, 0) is 4.79 Å². The van der Waals surface area contributed by atoms with Gasteiger partial charge in [-0.15, -0.1) is 0 Å². The zero-order chi connectivity index (χ0) is 14.7. The van der Waals surface area contributed by atoms with Crippen LogP contribution in [0, 0.1) is 11.8 Å². The standard InChI is InChI=1S/C17H28O2/c1-5-6-7-8-9-14(2)10-11-15(3)16(4)12-13-17(18)19/h8-11,14-15H,4-7,12-13H2,1-3H3,(H,18,19)/t14-,15-/m1/s1. The minimum atomic E-state index is -0.760. The number of rotatable bonds is 10. The van der Waals surface area contributed by atoms with Gasteiger partial charge in [-0.05, 0) is 24.7 Å². The average Bonchev–Trinajstić information content (AvgIpc) is 2.38. The topological polar surface area (TPSA) is 37.3 Å². The predicted molar refractivity (Wildman–Crippen MR) is 82.1 cm³/mol. The Morgan fingerprint density at radius 2 is 1.89 bits per heavy atom. The van der Waals surface area contributed by atoms with Crippen LogP contribution in [0.15, 0.2) is 36.5 Å². The maximum absolute atomic E-state index is 10.5. The summed E-state index contributed by atoms with van der Waals surface area (Å²) in [6.07, 6.45) is 13.1. The molecule has 0 aliphatic rings. The molecule has 1 N–H and O–H groups in total. The van der Waals surface area contributed by atoms with Gasteiger partial charge in [0, 0.05) is 6.42 Å². The molecule has 0 bridgehead atoms. The molecule has 0 radical (unpaired) electrons. The fourth-order valence-corrected chi connectivity index (χ4v) is 1.67. The molecule has 0 heterocycles. The van der Waals surface area contributed by atoms with Crippen molar-refractivity contribution in [1.29, 1.82) is 0 Å². The fraction of sp³-hybridized carbons (Fsp3) is 0.588. The highest BCUT2D eigenvalue weighted by Crippen LogP contribution is 2.17. The highest BCUT2D eigenvalue weighted by Gasteiger charge is 2.05. The second-order valence-corrected chi connectivity index (χ2v) is 5.16. The van der Waals surface area contributed by atoms with Crippen molar-refractivity contribution in [3.8, 4) is 0 Å². The van der Waals surface area contributed by atoms with Crippen LogP contribution in [0.25, 0.3) is 0 Å². The van der Waals surface area contributed by atoms with E-state index in [0.717, 1.165) is 12.0 Å². The minimum absolute atomic E-state index is 0.170. The van der Waals surface area contributed by atoms with Gasteiger partial charge in [-0.25, -0.2) is 0 Å². The first-order valence-electron chi connectivity index (χ1n) is 7.21. The van der Waals surface area contributed by atoms with Crippen molar-refractivity contribution in [1.82, 2.24) is 0 Å². The summed E-state index contributed by atoms with van der Waals surface area (Å²) in [7, 11) is 0. The minimum Gasteiger partial charge on any atom is -0.481 e. The normalized spacial score (nSPS) is 14.9. The Hall–Kier alpha value is -1.31. The van der Waals surface area contributed by atoms with Crippen molar-refractivity contribution >= 4 is 5.97 Å². The summed E-state index contributed by atoms with van der Waals surface area (Å²) < 4.78 is 0. The monoisotopic (exact) mass is 264 g/mol. The van der Waals surface area contributed by atoms with Gasteiger partial charge >= 0.3 is 5.97 Å². The Morgan fingerprint density at radius 3 is 2.47 bits per heavy atom. The van der Waals surface area contributed by atoms with Crippen molar-refractivity contribution in [3.63, 3.8) is 0 Å². The van der Waals surface area contributed by atoms with Crippen molar-refractivity contribution in [2.75, 3.05) is 0 Å². The Kier molecular flexibility index (Phi) is 9.87. The number of carbonyl (C=O) groups is 1. The number of unbranched alkanes of at least 4 members (excludes halogenated alkanes) is 2. The molecule has 0 aromatic carbocycles. The van der Waals surface area contributed by atoms with Crippen LogP contribution in [0.5, 0.6) is 0 Å². The molecule has 0 saturated carbocycles. The molecule has 0 aromatic heterocycles. The predicted octanol–water partition coefficient (Wildman–Crippen LogP) is 4.98. The summed E-state index contributed by atoms with van der Waals surface area (Å²) in [6.45, 7) is 10.4. The van der Waals surface area contributed by atoms with Gasteiger partial charge in [0.15, 0.2) is 0 Å². The number of hydrogen-bond acceptors (Lipinski definition) is 1. The largest absolute Gasteiger partial charge is 0.481 e. The van der Waals surface area contributed by atoms with E-state index < -0.39 is 5.97 Å². The Labute approximate surface area is 117 Å². The van der Waals surface area contributed by atoms with Crippen molar-refractivity contribution < 1.29 is 9.90 Å². The molecule has 0 fully saturated rings. The van der Waals surface area contributed by atoms with Gasteiger partial charge < -0.3 is 5.11 Å². The highest BCUT2D eigenvalue weighted by atomic mass is 16.4. The van der Waals surface area contributed by atoms with Crippen LogP contribution in [0.1, 0.15) is 52.9 Å². The molecule has 0 spiro atoms. The molecule has 0 aliphatic carbocycles. The smallest absolute Gasteiger partial charge is 0.303 e. The Bertz CT molecular complexity index is 326. The zero-order valence-corrected chi connectivity index (χ0v) is 12.6. The lowest BCUT2D eigenvalue weighted by Crippen LogP contribution is -2.00. The molecule has 0 aromatic rings. The Morgan fingerprint density at radius 1 is 1.21 bits per heavy atom. The van der Waals surface area contributed by atoms with Gasteiger partial charge in [0.25, 0.3) is 0 Å². The summed E-state index contributed by atoms with van der Waals surface area (Å²) in [5.74, 6) is -0.0954. The van der Waals surface area contributed by atoms with Gasteiger partial charge in [-0.2, -0.15) is 0 Å². The number of carboxylic acids is 1. The number of carboxylic acid groups (broad SMARTS) is 1. The van der Waals surface area contributed by atoms with Crippen molar-refractivity contribution in [2.24, 2.45) is 11.8 Å². The molecule has 2 nitrogen and oxygen atoms in total. The van der Waals surface area contributed by atoms with Crippen LogP contribution in [-0.4, -0.2) is 11.1 Å². The summed E-state index contributed by atoms with van der Waals surface area (Å²) >= 11 is 0. The molecular formula is C17H28O2. The molecule has 0 aliphatic heterocycles. The van der Waals surface area contributed by atoms with E-state index in [9.17, 15) is 4.79 Å². The van der Waals surface area contributed by atoms with E-state index in [1.54, 1.807) is 0 Å². The summed E-state index contributed by atoms with van der Waals surface area (Å²) in [4.78, 5) is 10.5. The molecule has 0 unspecified atom stereocenters. The first-order valence-corrected chi connectivity index (χ1v) is 7.21. The lowest BCUT2D eigenvalue weighted by atomic mass is 9.96. The average molecular weight is 264 g/mol. The highest BCUT2D eigenvalue weighted by molar-refractivity contribution is 5.67. The molecule has 2 heteroatoms. The van der Waals surface area contributed by atoms with Crippen LogP contribution in [0.4, 0.5) is 0 Å². The molecule has 2 atom stereocenters. The molecule has 0 rings (SSSR count). The summed E-state index contributed by atoms with van der Waals surface area (Å²) in [5, 5.41) is 8.63. The Balaban J connectivity index is 4.05. The van der Waals surface area contributed by atoms with Crippen LogP contribution >= 0.6 is 0 Å². The molecule has 19 heavy (non-hydrogen) atoms. The summed E-state index contributed by atoms with van der Waals surface area (Å²) in [5.41, 5.74) is 0.987. The van der Waals surface area contributed by atoms with Gasteiger partial charge in [0.05, 0.1) is 0 Å².